The van der Waals surface area contributed by atoms with Crippen molar-refractivity contribution in [2.75, 3.05) is 11.5 Å². The number of hydrogen-bond donors (Lipinski definition) is 2. The summed E-state index contributed by atoms with van der Waals surface area (Å²) in [5, 5.41) is 8.38. The molecule has 0 rings (SSSR count). The molecule has 0 aliphatic heterocycles. The second-order valence-corrected chi connectivity index (χ2v) is 6.97. The lowest BCUT2D eigenvalue weighted by Gasteiger charge is -2.04. The topological polar surface area (TPSA) is 97.5 Å². The van der Waals surface area contributed by atoms with Crippen molar-refractivity contribution in [2.45, 2.75) is 19.4 Å². The van der Waals surface area contributed by atoms with Crippen LogP contribution in [0.1, 0.15) is 13.3 Å². The molecule has 0 amide bonds. The highest BCUT2D eigenvalue weighted by atomic mass is 33.1. The van der Waals surface area contributed by atoms with E-state index in [1.165, 1.54) is 0 Å². The summed E-state index contributed by atoms with van der Waals surface area (Å²) in [6.07, 6.45) is 0.166. The third-order valence-electron chi connectivity index (χ3n) is 1.36. The minimum Gasteiger partial charge on any atom is -0.480 e. The normalized spacial score (nSPS) is 14.0. The van der Waals surface area contributed by atoms with Crippen LogP contribution >= 0.6 is 10.8 Å². The Bertz CT molecular complexity index is 262. The molecule has 0 unspecified atom stereocenters. The third-order valence-corrected chi connectivity index (χ3v) is 5.12. The number of rotatable bonds is 6. The van der Waals surface area contributed by atoms with Gasteiger partial charge in [0.2, 0.25) is 8.87 Å². The summed E-state index contributed by atoms with van der Waals surface area (Å²) in [6, 6.07) is -0.973. The molecule has 0 heterocycles. The quantitative estimate of drug-likeness (QED) is 0.613. The predicted octanol–water partition coefficient (Wildman–Crippen LogP) is -0.129. The van der Waals surface area contributed by atoms with Crippen molar-refractivity contribution in [3.05, 3.63) is 0 Å². The number of carboxylic acids is 1. The summed E-state index contributed by atoms with van der Waals surface area (Å²) in [5.41, 5.74) is 5.18. The van der Waals surface area contributed by atoms with E-state index in [1.807, 2.05) is 0 Å². The molecule has 0 fully saturated rings. The van der Waals surface area contributed by atoms with Crippen molar-refractivity contribution in [3.63, 3.8) is 0 Å². The van der Waals surface area contributed by atoms with E-state index in [0.29, 0.717) is 0 Å². The summed E-state index contributed by atoms with van der Waals surface area (Å²) < 4.78 is 21.9. The van der Waals surface area contributed by atoms with Gasteiger partial charge in [-0.25, -0.2) is 8.42 Å². The molecule has 78 valence electrons. The van der Waals surface area contributed by atoms with Gasteiger partial charge in [0.25, 0.3) is 0 Å². The highest BCUT2D eigenvalue weighted by molar-refractivity contribution is 8.72. The first kappa shape index (κ1) is 12.7. The summed E-state index contributed by atoms with van der Waals surface area (Å²) >= 11 is 0. The lowest BCUT2D eigenvalue weighted by Crippen LogP contribution is -2.30. The summed E-state index contributed by atoms with van der Waals surface area (Å²) in [5.74, 6) is -0.821. The Morgan fingerprint density at radius 3 is 2.54 bits per heavy atom. The van der Waals surface area contributed by atoms with Crippen LogP contribution in [0.15, 0.2) is 0 Å². The van der Waals surface area contributed by atoms with E-state index >= 15 is 0 Å². The Morgan fingerprint density at radius 1 is 1.62 bits per heavy atom. The molecule has 0 bridgehead atoms. The van der Waals surface area contributed by atoms with E-state index in [4.69, 9.17) is 10.8 Å². The highest BCUT2D eigenvalue weighted by Crippen LogP contribution is 2.14. The fourth-order valence-corrected chi connectivity index (χ4v) is 2.83. The van der Waals surface area contributed by atoms with Crippen molar-refractivity contribution in [3.8, 4) is 0 Å². The average Bonchev–Trinajstić information content (AvgIpc) is 2.04. The van der Waals surface area contributed by atoms with E-state index in [1.54, 1.807) is 6.92 Å². The van der Waals surface area contributed by atoms with E-state index < -0.39 is 20.9 Å². The van der Waals surface area contributed by atoms with Crippen LogP contribution in [0.25, 0.3) is 0 Å². The molecule has 5 nitrogen and oxygen atoms in total. The van der Waals surface area contributed by atoms with Crippen LogP contribution in [0.3, 0.4) is 0 Å². The summed E-state index contributed by atoms with van der Waals surface area (Å²) in [7, 11) is -2.32. The molecule has 1 atom stereocenters. The monoisotopic (exact) mass is 227 g/mol. The second-order valence-electron chi connectivity index (χ2n) is 2.40. The first-order valence-corrected chi connectivity index (χ1v) is 6.90. The zero-order chi connectivity index (χ0) is 10.5. The minimum atomic E-state index is -3.07. The number of aliphatic carboxylic acids is 1. The van der Waals surface area contributed by atoms with Crippen LogP contribution in [0.4, 0.5) is 0 Å². The van der Waals surface area contributed by atoms with E-state index in [9.17, 15) is 13.2 Å². The molecule has 13 heavy (non-hydrogen) atoms. The van der Waals surface area contributed by atoms with Crippen LogP contribution in [0.5, 0.6) is 0 Å². The molecule has 0 aromatic carbocycles. The van der Waals surface area contributed by atoms with Crippen LogP contribution < -0.4 is 5.73 Å². The molecular formula is C6H13NO4S2. The van der Waals surface area contributed by atoms with Gasteiger partial charge in [-0.2, -0.15) is 0 Å². The zero-order valence-corrected chi connectivity index (χ0v) is 8.90. The number of carbonyl (C=O) groups is 1. The van der Waals surface area contributed by atoms with Crippen molar-refractivity contribution in [1.82, 2.24) is 0 Å². The van der Waals surface area contributed by atoms with Gasteiger partial charge in [-0.1, -0.05) is 6.92 Å². The van der Waals surface area contributed by atoms with Crippen LogP contribution in [-0.4, -0.2) is 37.0 Å². The number of nitrogens with two attached hydrogens (primary N) is 1. The van der Waals surface area contributed by atoms with Crippen LogP contribution in [-0.2, 0) is 13.7 Å². The minimum absolute atomic E-state index is 0.0555. The standard InChI is InChI=1S/C6H13NO4S2/c1-2-13(10,11)12-4-3-5(7)6(8)9/h5H,2-4,7H2,1H3,(H,8,9)/t5-/m0/s1. The fourth-order valence-electron chi connectivity index (χ4n) is 0.509. The molecule has 0 saturated carbocycles. The molecule has 0 spiro atoms. The smallest absolute Gasteiger partial charge is 0.320 e. The zero-order valence-electron chi connectivity index (χ0n) is 7.26. The van der Waals surface area contributed by atoms with Crippen molar-refractivity contribution < 1.29 is 18.3 Å². The second kappa shape index (κ2) is 5.46. The number of hydrogen-bond acceptors (Lipinski definition) is 5. The third kappa shape index (κ3) is 5.89. The van der Waals surface area contributed by atoms with Crippen molar-refractivity contribution in [1.29, 1.82) is 0 Å². The van der Waals surface area contributed by atoms with E-state index in [-0.39, 0.29) is 17.9 Å². The van der Waals surface area contributed by atoms with Gasteiger partial charge in [0, 0.05) is 5.75 Å². The Morgan fingerprint density at radius 2 is 2.15 bits per heavy atom. The van der Waals surface area contributed by atoms with Gasteiger partial charge < -0.3 is 10.8 Å². The van der Waals surface area contributed by atoms with Crippen molar-refractivity contribution in [2.24, 2.45) is 5.73 Å². The first-order chi connectivity index (χ1) is 5.89. The fraction of sp³-hybridized carbons (Fsp3) is 0.833. The van der Waals surface area contributed by atoms with Crippen LogP contribution in [0, 0.1) is 0 Å². The molecule has 3 N–H and O–H groups in total. The Labute approximate surface area is 81.0 Å². The number of carboxylic acid groups (broad SMARTS) is 1. The lowest BCUT2D eigenvalue weighted by atomic mass is 10.2. The SMILES string of the molecule is CCS(=O)(=O)SCC[C@H](N)C(=O)O. The van der Waals surface area contributed by atoms with Gasteiger partial charge in [0.05, 0.1) is 5.75 Å². The first-order valence-electron chi connectivity index (χ1n) is 3.74. The Balaban J connectivity index is 3.75. The highest BCUT2D eigenvalue weighted by Gasteiger charge is 2.13. The average molecular weight is 227 g/mol. The van der Waals surface area contributed by atoms with E-state index in [2.05, 4.69) is 0 Å². The Kier molecular flexibility index (Phi) is 5.34. The molecule has 0 radical (unpaired) electrons. The summed E-state index contributed by atoms with van der Waals surface area (Å²) in [6.45, 7) is 1.54. The molecule has 0 aliphatic rings. The molecular weight excluding hydrogens is 214 g/mol. The summed E-state index contributed by atoms with van der Waals surface area (Å²) in [4.78, 5) is 10.2. The van der Waals surface area contributed by atoms with Gasteiger partial charge in [0.1, 0.15) is 6.04 Å². The maximum absolute atomic E-state index is 10.9. The van der Waals surface area contributed by atoms with Crippen LogP contribution in [0.2, 0.25) is 0 Å². The van der Waals surface area contributed by atoms with Gasteiger partial charge in [-0.15, -0.1) is 0 Å². The molecule has 7 heteroatoms. The lowest BCUT2D eigenvalue weighted by molar-refractivity contribution is -0.138. The molecule has 0 aliphatic carbocycles. The van der Waals surface area contributed by atoms with Gasteiger partial charge in [-0.05, 0) is 17.2 Å². The molecule has 0 aromatic rings. The largest absolute Gasteiger partial charge is 0.480 e. The van der Waals surface area contributed by atoms with Crippen molar-refractivity contribution >= 4 is 25.6 Å². The molecule has 0 aromatic heterocycles. The maximum atomic E-state index is 10.9. The van der Waals surface area contributed by atoms with Gasteiger partial charge >= 0.3 is 5.97 Å². The van der Waals surface area contributed by atoms with Gasteiger partial charge in [-0.3, -0.25) is 4.79 Å². The maximum Gasteiger partial charge on any atom is 0.320 e. The van der Waals surface area contributed by atoms with E-state index in [0.717, 1.165) is 10.8 Å². The molecule has 0 saturated heterocycles. The van der Waals surface area contributed by atoms with Gasteiger partial charge in [0.15, 0.2) is 0 Å². The Hall–Kier alpha value is -0.270. The predicted molar refractivity (Wildman–Crippen MR) is 52.1 cm³/mol.